The minimum absolute atomic E-state index is 0.141. The molecule has 1 aromatic heterocycles. The molecule has 0 spiro atoms. The number of hydrogen-bond acceptors (Lipinski definition) is 2. The maximum Gasteiger partial charge on any atom is 0.220 e. The Morgan fingerprint density at radius 3 is 2.65 bits per heavy atom. The van der Waals surface area contributed by atoms with Gasteiger partial charge >= 0.3 is 0 Å². The van der Waals surface area contributed by atoms with Gasteiger partial charge in [0.05, 0.1) is 6.54 Å². The van der Waals surface area contributed by atoms with E-state index in [1.54, 1.807) is 0 Å². The molecule has 0 aliphatic rings. The summed E-state index contributed by atoms with van der Waals surface area (Å²) in [4.78, 5) is 11.9. The third kappa shape index (κ3) is 5.37. The van der Waals surface area contributed by atoms with Gasteiger partial charge in [-0.15, -0.1) is 0 Å². The molecule has 0 aliphatic heterocycles. The predicted octanol–water partition coefficient (Wildman–Crippen LogP) is 2.50. The number of hydrogen-bond donors (Lipinski definition) is 2. The number of carbonyl (C=O) groups excluding carboxylic acids is 1. The van der Waals surface area contributed by atoms with Crippen molar-refractivity contribution >= 4 is 5.91 Å². The molecule has 0 aliphatic carbocycles. The second-order valence-corrected chi connectivity index (χ2v) is 5.57. The second-order valence-electron chi connectivity index (χ2n) is 5.57. The molecule has 20 heavy (non-hydrogen) atoms. The van der Waals surface area contributed by atoms with Crippen LogP contribution in [0.4, 0.5) is 0 Å². The monoisotopic (exact) mass is 279 g/mol. The van der Waals surface area contributed by atoms with Gasteiger partial charge in [0.2, 0.25) is 5.91 Å². The normalized spacial score (nSPS) is 12.4. The van der Waals surface area contributed by atoms with Gasteiger partial charge in [0.15, 0.2) is 0 Å². The molecule has 4 nitrogen and oxygen atoms in total. The van der Waals surface area contributed by atoms with E-state index in [2.05, 4.69) is 35.9 Å². The average molecular weight is 279 g/mol. The lowest BCUT2D eigenvalue weighted by Gasteiger charge is -2.14. The smallest absolute Gasteiger partial charge is 0.220 e. The van der Waals surface area contributed by atoms with Gasteiger partial charge in [0, 0.05) is 24.9 Å². The maximum atomic E-state index is 11.9. The summed E-state index contributed by atoms with van der Waals surface area (Å²) in [5.41, 5.74) is 7.97. The zero-order chi connectivity index (χ0) is 15.0. The molecule has 0 saturated heterocycles. The van der Waals surface area contributed by atoms with Crippen LogP contribution in [0.15, 0.2) is 12.1 Å². The molecule has 1 heterocycles. The van der Waals surface area contributed by atoms with Crippen molar-refractivity contribution in [2.75, 3.05) is 6.54 Å². The van der Waals surface area contributed by atoms with Gasteiger partial charge in [-0.25, -0.2) is 0 Å². The van der Waals surface area contributed by atoms with E-state index in [-0.39, 0.29) is 5.91 Å². The fourth-order valence-electron chi connectivity index (χ4n) is 2.53. The van der Waals surface area contributed by atoms with E-state index in [9.17, 15) is 4.79 Å². The van der Waals surface area contributed by atoms with Crippen LogP contribution in [0.25, 0.3) is 0 Å². The molecular formula is C16H29N3O. The van der Waals surface area contributed by atoms with Crippen molar-refractivity contribution in [1.82, 2.24) is 9.88 Å². The molecule has 1 unspecified atom stereocenters. The summed E-state index contributed by atoms with van der Waals surface area (Å²) in [6.45, 7) is 5.57. The van der Waals surface area contributed by atoms with Crippen LogP contribution in [0.3, 0.4) is 0 Å². The number of amides is 1. The van der Waals surface area contributed by atoms with Gasteiger partial charge in [-0.3, -0.25) is 4.79 Å². The Labute approximate surface area is 122 Å². The lowest BCUT2D eigenvalue weighted by Crippen LogP contribution is -2.24. The topological polar surface area (TPSA) is 60.1 Å². The van der Waals surface area contributed by atoms with Crippen molar-refractivity contribution in [1.29, 1.82) is 0 Å². The van der Waals surface area contributed by atoms with Crippen LogP contribution in [-0.2, 0) is 18.4 Å². The lowest BCUT2D eigenvalue weighted by molar-refractivity contribution is -0.121. The minimum atomic E-state index is 0.141. The summed E-state index contributed by atoms with van der Waals surface area (Å²) in [5, 5.41) is 3.00. The van der Waals surface area contributed by atoms with E-state index in [4.69, 9.17) is 5.73 Å². The Hall–Kier alpha value is -1.29. The van der Waals surface area contributed by atoms with Crippen molar-refractivity contribution in [3.8, 4) is 0 Å². The van der Waals surface area contributed by atoms with E-state index in [1.165, 1.54) is 12.1 Å². The molecule has 0 bridgehead atoms. The maximum absolute atomic E-state index is 11.9. The van der Waals surface area contributed by atoms with Gasteiger partial charge < -0.3 is 15.6 Å². The fraction of sp³-hybridized carbons (Fsp3) is 0.688. The Kier molecular flexibility index (Phi) is 7.37. The number of nitrogens with one attached hydrogen (secondary N) is 1. The van der Waals surface area contributed by atoms with E-state index < -0.39 is 0 Å². The van der Waals surface area contributed by atoms with E-state index in [0.29, 0.717) is 18.9 Å². The molecule has 1 atom stereocenters. The van der Waals surface area contributed by atoms with E-state index >= 15 is 0 Å². The number of carbonyl (C=O) groups is 1. The molecular weight excluding hydrogens is 250 g/mol. The van der Waals surface area contributed by atoms with Crippen molar-refractivity contribution in [3.63, 3.8) is 0 Å². The van der Waals surface area contributed by atoms with Crippen molar-refractivity contribution in [2.45, 2.75) is 52.5 Å². The van der Waals surface area contributed by atoms with Gasteiger partial charge in [0.25, 0.3) is 0 Å². The highest BCUT2D eigenvalue weighted by molar-refractivity contribution is 5.75. The first-order valence-corrected chi connectivity index (χ1v) is 7.66. The van der Waals surface area contributed by atoms with Crippen molar-refractivity contribution in [2.24, 2.45) is 18.7 Å². The van der Waals surface area contributed by atoms with Gasteiger partial charge in [-0.1, -0.05) is 19.8 Å². The predicted molar refractivity (Wildman–Crippen MR) is 83.3 cm³/mol. The molecule has 1 amide bonds. The number of nitrogens with zero attached hydrogens (tertiary/aromatic N) is 1. The largest absolute Gasteiger partial charge is 0.351 e. The third-order valence-corrected chi connectivity index (χ3v) is 3.99. The molecule has 0 radical (unpaired) electrons. The van der Waals surface area contributed by atoms with Crippen molar-refractivity contribution in [3.05, 3.63) is 23.5 Å². The Morgan fingerprint density at radius 1 is 1.35 bits per heavy atom. The summed E-state index contributed by atoms with van der Waals surface area (Å²) < 4.78 is 2.11. The molecule has 1 aromatic rings. The number of nitrogens with two attached hydrogens (primary N) is 1. The summed E-state index contributed by atoms with van der Waals surface area (Å²) in [6, 6.07) is 4.13. The highest BCUT2D eigenvalue weighted by Crippen LogP contribution is 2.16. The molecule has 1 rings (SSSR count). The standard InChI is InChI=1S/C16H29N3O/c1-4-5-14(10-11-17)7-9-16(20)18-12-15-8-6-13(2)19(15)3/h6,8,14H,4-5,7,9-12,17H2,1-3H3,(H,18,20). The zero-order valence-corrected chi connectivity index (χ0v) is 13.1. The van der Waals surface area contributed by atoms with Gasteiger partial charge in [0.1, 0.15) is 0 Å². The van der Waals surface area contributed by atoms with Crippen LogP contribution < -0.4 is 11.1 Å². The van der Waals surface area contributed by atoms with Crippen molar-refractivity contribution < 1.29 is 4.79 Å². The van der Waals surface area contributed by atoms with Crippen LogP contribution >= 0.6 is 0 Å². The summed E-state index contributed by atoms with van der Waals surface area (Å²) >= 11 is 0. The van der Waals surface area contributed by atoms with Crippen LogP contribution in [0.5, 0.6) is 0 Å². The van der Waals surface area contributed by atoms with Gasteiger partial charge in [-0.2, -0.15) is 0 Å². The molecule has 4 heteroatoms. The van der Waals surface area contributed by atoms with Crippen LogP contribution in [-0.4, -0.2) is 17.0 Å². The van der Waals surface area contributed by atoms with Crippen LogP contribution in [0.2, 0.25) is 0 Å². The number of aryl methyl sites for hydroxylation is 1. The quantitative estimate of drug-likeness (QED) is 0.729. The molecule has 3 N–H and O–H groups in total. The van der Waals surface area contributed by atoms with E-state index in [1.807, 2.05) is 7.05 Å². The second kappa shape index (κ2) is 8.80. The highest BCUT2D eigenvalue weighted by atomic mass is 16.1. The number of aromatic nitrogens is 1. The summed E-state index contributed by atoms with van der Waals surface area (Å²) in [5.74, 6) is 0.731. The average Bonchev–Trinajstić information content (AvgIpc) is 2.74. The molecule has 0 aromatic carbocycles. The lowest BCUT2D eigenvalue weighted by atomic mass is 9.94. The first-order valence-electron chi connectivity index (χ1n) is 7.66. The highest BCUT2D eigenvalue weighted by Gasteiger charge is 2.10. The third-order valence-electron chi connectivity index (χ3n) is 3.99. The molecule has 0 saturated carbocycles. The van der Waals surface area contributed by atoms with E-state index in [0.717, 1.165) is 31.5 Å². The zero-order valence-electron chi connectivity index (χ0n) is 13.1. The molecule has 114 valence electrons. The molecule has 0 fully saturated rings. The SMILES string of the molecule is CCCC(CCN)CCC(=O)NCc1ccc(C)n1C. The minimum Gasteiger partial charge on any atom is -0.351 e. The van der Waals surface area contributed by atoms with Crippen LogP contribution in [0, 0.1) is 12.8 Å². The first kappa shape index (κ1) is 16.8. The Balaban J connectivity index is 2.31. The van der Waals surface area contributed by atoms with Crippen LogP contribution in [0.1, 0.15) is 50.4 Å². The summed E-state index contributed by atoms with van der Waals surface area (Å²) in [7, 11) is 2.02. The number of rotatable bonds is 9. The Bertz CT molecular complexity index is 406. The first-order chi connectivity index (χ1) is 9.58. The van der Waals surface area contributed by atoms with Gasteiger partial charge in [-0.05, 0) is 44.4 Å². The summed E-state index contributed by atoms with van der Waals surface area (Å²) in [6.07, 6.45) is 4.91. The fourth-order valence-corrected chi connectivity index (χ4v) is 2.53. The Morgan fingerprint density at radius 2 is 2.10 bits per heavy atom.